The van der Waals surface area contributed by atoms with Gasteiger partial charge in [0.25, 0.3) is 0 Å². The van der Waals surface area contributed by atoms with Crippen LogP contribution >= 0.6 is 0 Å². The van der Waals surface area contributed by atoms with Crippen molar-refractivity contribution in [1.82, 2.24) is 0 Å². The van der Waals surface area contributed by atoms with Crippen LogP contribution in [0.25, 0.3) is 0 Å². The highest BCUT2D eigenvalue weighted by Gasteiger charge is 2.51. The van der Waals surface area contributed by atoms with Crippen molar-refractivity contribution in [3.8, 4) is 5.75 Å². The van der Waals surface area contributed by atoms with Gasteiger partial charge in [0.15, 0.2) is 13.1 Å². The van der Waals surface area contributed by atoms with E-state index in [1.165, 1.54) is 7.11 Å². The lowest BCUT2D eigenvalue weighted by Crippen LogP contribution is -2.41. The molecule has 0 aromatic heterocycles. The number of hydrogen-bond donors (Lipinski definition) is 0. The third-order valence-corrected chi connectivity index (χ3v) is 4.02. The molecule has 0 aliphatic carbocycles. The summed E-state index contributed by atoms with van der Waals surface area (Å²) in [6.45, 7) is 8.06. The Morgan fingerprint density at radius 2 is 1.81 bits per heavy atom. The van der Waals surface area contributed by atoms with E-state index in [0.29, 0.717) is 11.3 Å². The van der Waals surface area contributed by atoms with Gasteiger partial charge in [-0.05, 0) is 45.3 Å². The largest absolute Gasteiger partial charge is 0.494 e. The molecule has 1 fully saturated rings. The van der Waals surface area contributed by atoms with Crippen molar-refractivity contribution in [1.29, 1.82) is 0 Å². The molecule has 0 bridgehead atoms. The SMILES string of the molecule is COCOc1cc(B2OC(C)(C)C(C)(C)O2)ccc1C=O. The van der Waals surface area contributed by atoms with Crippen molar-refractivity contribution >= 4 is 18.9 Å². The van der Waals surface area contributed by atoms with E-state index < -0.39 is 18.3 Å². The first-order valence-electron chi connectivity index (χ1n) is 6.87. The molecule has 6 heteroatoms. The quantitative estimate of drug-likeness (QED) is 0.470. The average molecular weight is 292 g/mol. The molecule has 1 aromatic carbocycles. The predicted octanol–water partition coefficient (Wildman–Crippen LogP) is 1.78. The summed E-state index contributed by atoms with van der Waals surface area (Å²) >= 11 is 0. The summed E-state index contributed by atoms with van der Waals surface area (Å²) in [5, 5.41) is 0. The van der Waals surface area contributed by atoms with Crippen molar-refractivity contribution in [2.45, 2.75) is 38.9 Å². The van der Waals surface area contributed by atoms with Gasteiger partial charge in [0.1, 0.15) is 5.75 Å². The van der Waals surface area contributed by atoms with Crippen molar-refractivity contribution in [2.75, 3.05) is 13.9 Å². The zero-order chi connectivity index (χ0) is 15.7. The van der Waals surface area contributed by atoms with Crippen LogP contribution in [0.5, 0.6) is 5.75 Å². The topological polar surface area (TPSA) is 54.0 Å². The number of methoxy groups -OCH3 is 1. The fraction of sp³-hybridized carbons (Fsp3) is 0.533. The van der Waals surface area contributed by atoms with E-state index >= 15 is 0 Å². The van der Waals surface area contributed by atoms with Gasteiger partial charge >= 0.3 is 7.12 Å². The van der Waals surface area contributed by atoms with Crippen LogP contribution in [-0.4, -0.2) is 38.5 Å². The van der Waals surface area contributed by atoms with Gasteiger partial charge < -0.3 is 18.8 Å². The summed E-state index contributed by atoms with van der Waals surface area (Å²) < 4.78 is 22.3. The van der Waals surface area contributed by atoms with Gasteiger partial charge in [-0.15, -0.1) is 0 Å². The van der Waals surface area contributed by atoms with E-state index in [9.17, 15) is 4.79 Å². The van der Waals surface area contributed by atoms with Crippen LogP contribution in [0.2, 0.25) is 0 Å². The average Bonchev–Trinajstić information content (AvgIpc) is 2.65. The van der Waals surface area contributed by atoms with Crippen LogP contribution in [0.1, 0.15) is 38.1 Å². The number of benzene rings is 1. The summed E-state index contributed by atoms with van der Waals surface area (Å²) in [7, 11) is 1.04. The van der Waals surface area contributed by atoms with Gasteiger partial charge in [0, 0.05) is 7.11 Å². The number of rotatable bonds is 5. The van der Waals surface area contributed by atoms with Gasteiger partial charge in [-0.1, -0.05) is 6.07 Å². The molecule has 2 rings (SSSR count). The molecule has 0 N–H and O–H groups in total. The second kappa shape index (κ2) is 5.79. The molecule has 0 saturated carbocycles. The Labute approximate surface area is 125 Å². The molecule has 0 atom stereocenters. The molecule has 1 aliphatic rings. The number of carbonyl (C=O) groups excluding carboxylic acids is 1. The van der Waals surface area contributed by atoms with Gasteiger partial charge in [-0.2, -0.15) is 0 Å². The van der Waals surface area contributed by atoms with Crippen molar-refractivity contribution < 1.29 is 23.6 Å². The summed E-state index contributed by atoms with van der Waals surface area (Å²) in [4.78, 5) is 11.0. The molecule has 5 nitrogen and oxygen atoms in total. The minimum Gasteiger partial charge on any atom is -0.467 e. The van der Waals surface area contributed by atoms with Gasteiger partial charge in [-0.3, -0.25) is 4.79 Å². The van der Waals surface area contributed by atoms with E-state index in [2.05, 4.69) is 0 Å². The molecule has 1 heterocycles. The van der Waals surface area contributed by atoms with Crippen molar-refractivity contribution in [3.05, 3.63) is 23.8 Å². The number of hydrogen-bond acceptors (Lipinski definition) is 5. The lowest BCUT2D eigenvalue weighted by atomic mass is 9.78. The number of ether oxygens (including phenoxy) is 2. The summed E-state index contributed by atoms with van der Waals surface area (Å²) in [6, 6.07) is 5.26. The first-order valence-corrected chi connectivity index (χ1v) is 6.87. The summed E-state index contributed by atoms with van der Waals surface area (Å²) in [5.74, 6) is 0.457. The van der Waals surface area contributed by atoms with Crippen LogP contribution in [0, 0.1) is 0 Å². The Morgan fingerprint density at radius 3 is 2.33 bits per heavy atom. The highest BCUT2D eigenvalue weighted by molar-refractivity contribution is 6.62. The van der Waals surface area contributed by atoms with E-state index in [4.69, 9.17) is 18.8 Å². The van der Waals surface area contributed by atoms with E-state index in [1.807, 2.05) is 33.8 Å². The fourth-order valence-corrected chi connectivity index (χ4v) is 2.02. The third-order valence-electron chi connectivity index (χ3n) is 4.02. The van der Waals surface area contributed by atoms with Gasteiger partial charge in [0.05, 0.1) is 16.8 Å². The second-order valence-electron chi connectivity index (χ2n) is 6.05. The maximum Gasteiger partial charge on any atom is 0.494 e. The normalized spacial score (nSPS) is 19.6. The summed E-state index contributed by atoms with van der Waals surface area (Å²) in [5.41, 5.74) is 0.459. The van der Waals surface area contributed by atoms with Gasteiger partial charge in [-0.25, -0.2) is 0 Å². The fourth-order valence-electron chi connectivity index (χ4n) is 2.02. The molecule has 1 aliphatic heterocycles. The molecular weight excluding hydrogens is 271 g/mol. The lowest BCUT2D eigenvalue weighted by molar-refractivity contribution is 0.00578. The van der Waals surface area contributed by atoms with E-state index in [-0.39, 0.29) is 6.79 Å². The van der Waals surface area contributed by atoms with Crippen LogP contribution in [0.4, 0.5) is 0 Å². The molecule has 21 heavy (non-hydrogen) atoms. The van der Waals surface area contributed by atoms with E-state index in [0.717, 1.165) is 11.7 Å². The Balaban J connectivity index is 2.27. The van der Waals surface area contributed by atoms with Crippen molar-refractivity contribution in [3.63, 3.8) is 0 Å². The molecule has 0 amide bonds. The smallest absolute Gasteiger partial charge is 0.467 e. The molecule has 0 radical (unpaired) electrons. The Bertz CT molecular complexity index is 511. The third kappa shape index (κ3) is 3.12. The first-order chi connectivity index (χ1) is 9.80. The summed E-state index contributed by atoms with van der Waals surface area (Å²) in [6.07, 6.45) is 0.749. The Hall–Kier alpha value is -1.37. The molecule has 1 aromatic rings. The Morgan fingerprint density at radius 1 is 1.19 bits per heavy atom. The van der Waals surface area contributed by atoms with Crippen LogP contribution < -0.4 is 10.2 Å². The highest BCUT2D eigenvalue weighted by atomic mass is 16.7. The van der Waals surface area contributed by atoms with Crippen LogP contribution in [0.3, 0.4) is 0 Å². The van der Waals surface area contributed by atoms with Crippen molar-refractivity contribution in [2.24, 2.45) is 0 Å². The number of carbonyl (C=O) groups is 1. The first kappa shape index (κ1) is 16.0. The van der Waals surface area contributed by atoms with Crippen LogP contribution in [0.15, 0.2) is 18.2 Å². The van der Waals surface area contributed by atoms with Gasteiger partial charge in [0.2, 0.25) is 0 Å². The van der Waals surface area contributed by atoms with E-state index in [1.54, 1.807) is 12.1 Å². The maximum atomic E-state index is 11.0. The number of aldehydes is 1. The standard InChI is InChI=1S/C15H21BO5/c1-14(2)15(3,4)21-16(20-14)12-7-6-11(9-17)13(8-12)19-10-18-5/h6-9H,10H2,1-5H3. The molecule has 1 saturated heterocycles. The minimum atomic E-state index is -0.486. The molecular formula is C15H21BO5. The monoisotopic (exact) mass is 292 g/mol. The molecule has 114 valence electrons. The maximum absolute atomic E-state index is 11.0. The lowest BCUT2D eigenvalue weighted by Gasteiger charge is -2.32. The second-order valence-corrected chi connectivity index (χ2v) is 6.05. The Kier molecular flexibility index (Phi) is 4.42. The predicted molar refractivity (Wildman–Crippen MR) is 80.0 cm³/mol. The van der Waals surface area contributed by atoms with Crippen LogP contribution in [-0.2, 0) is 14.0 Å². The molecule has 0 spiro atoms. The zero-order valence-corrected chi connectivity index (χ0v) is 13.1. The highest BCUT2D eigenvalue weighted by Crippen LogP contribution is 2.36. The molecule has 0 unspecified atom stereocenters. The zero-order valence-electron chi connectivity index (χ0n) is 13.1. The minimum absolute atomic E-state index is 0.0770.